The molecule has 2 aromatic rings. The molecular formula is C23H27N3O5S. The summed E-state index contributed by atoms with van der Waals surface area (Å²) < 4.78 is 33.4. The lowest BCUT2D eigenvalue weighted by atomic mass is 9.98. The number of nitrogens with zero attached hydrogens (tertiary/aromatic N) is 1. The Morgan fingerprint density at radius 3 is 2.69 bits per heavy atom. The standard InChI is InChI=1S/C23H27N3O5S/c1-14-6-7-18(11-15(14)2)24-23(28)17-5-4-10-26(13-17)32(29,30)19-8-9-21-20(12-19)25-22(27)16(3)31-21/h6-9,11-12,16-17H,4-5,10,13H2,1-3H3,(H,24,28)(H,25,27). The number of hydrogen-bond acceptors (Lipinski definition) is 5. The maximum atomic E-state index is 13.3. The minimum absolute atomic E-state index is 0.0601. The quantitative estimate of drug-likeness (QED) is 0.734. The van der Waals surface area contributed by atoms with Gasteiger partial charge in [-0.3, -0.25) is 9.59 Å². The van der Waals surface area contributed by atoms with E-state index in [2.05, 4.69) is 10.6 Å². The molecule has 4 rings (SSSR count). The first-order valence-corrected chi connectivity index (χ1v) is 12.1. The summed E-state index contributed by atoms with van der Waals surface area (Å²) in [5.74, 6) is -0.525. The van der Waals surface area contributed by atoms with Crippen molar-refractivity contribution in [1.82, 2.24) is 4.31 Å². The Hall–Kier alpha value is -2.91. The van der Waals surface area contributed by atoms with Gasteiger partial charge in [0.2, 0.25) is 15.9 Å². The predicted octanol–water partition coefficient (Wildman–Crippen LogP) is 3.06. The lowest BCUT2D eigenvalue weighted by molar-refractivity contribution is -0.123. The molecule has 0 saturated carbocycles. The van der Waals surface area contributed by atoms with E-state index in [-0.39, 0.29) is 23.3 Å². The van der Waals surface area contributed by atoms with E-state index in [4.69, 9.17) is 4.74 Å². The van der Waals surface area contributed by atoms with Crippen LogP contribution in [0, 0.1) is 19.8 Å². The Balaban J connectivity index is 1.50. The number of anilines is 2. The monoisotopic (exact) mass is 457 g/mol. The van der Waals surface area contributed by atoms with Crippen molar-refractivity contribution in [3.8, 4) is 5.75 Å². The van der Waals surface area contributed by atoms with Gasteiger partial charge in [-0.05, 0) is 75.1 Å². The Morgan fingerprint density at radius 2 is 1.94 bits per heavy atom. The highest BCUT2D eigenvalue weighted by Crippen LogP contribution is 2.33. The largest absolute Gasteiger partial charge is 0.479 e. The molecule has 1 saturated heterocycles. The van der Waals surface area contributed by atoms with Gasteiger partial charge in [0.15, 0.2) is 6.10 Å². The van der Waals surface area contributed by atoms with Crippen molar-refractivity contribution in [3.05, 3.63) is 47.5 Å². The second-order valence-corrected chi connectivity index (χ2v) is 10.3. The van der Waals surface area contributed by atoms with Crippen LogP contribution in [0.4, 0.5) is 11.4 Å². The molecule has 2 unspecified atom stereocenters. The number of aryl methyl sites for hydroxylation is 2. The Kier molecular flexibility index (Phi) is 5.96. The van der Waals surface area contributed by atoms with Gasteiger partial charge < -0.3 is 15.4 Å². The number of hydrogen-bond donors (Lipinski definition) is 2. The summed E-state index contributed by atoms with van der Waals surface area (Å²) in [6, 6.07) is 10.1. The van der Waals surface area contributed by atoms with Crippen LogP contribution < -0.4 is 15.4 Å². The summed E-state index contributed by atoms with van der Waals surface area (Å²) in [6.07, 6.45) is 0.574. The van der Waals surface area contributed by atoms with Gasteiger partial charge in [0, 0.05) is 18.8 Å². The molecular weight excluding hydrogens is 430 g/mol. The van der Waals surface area contributed by atoms with Crippen molar-refractivity contribution in [1.29, 1.82) is 0 Å². The molecule has 0 spiro atoms. The first-order valence-electron chi connectivity index (χ1n) is 10.6. The van der Waals surface area contributed by atoms with E-state index in [0.29, 0.717) is 36.5 Å². The van der Waals surface area contributed by atoms with Gasteiger partial charge in [0.05, 0.1) is 16.5 Å². The fraction of sp³-hybridized carbons (Fsp3) is 0.391. The third-order valence-electron chi connectivity index (χ3n) is 6.05. The number of carbonyl (C=O) groups is 2. The molecule has 0 radical (unpaired) electrons. The molecule has 2 aliphatic rings. The van der Waals surface area contributed by atoms with E-state index in [9.17, 15) is 18.0 Å². The van der Waals surface area contributed by atoms with Crippen LogP contribution in [0.5, 0.6) is 5.75 Å². The topological polar surface area (TPSA) is 105 Å². The molecule has 2 amide bonds. The second kappa shape index (κ2) is 8.55. The van der Waals surface area contributed by atoms with Gasteiger partial charge in [-0.15, -0.1) is 0 Å². The van der Waals surface area contributed by atoms with Gasteiger partial charge >= 0.3 is 0 Å². The SMILES string of the molecule is Cc1ccc(NC(=O)C2CCCN(S(=O)(=O)c3ccc4c(c3)NC(=O)C(C)O4)C2)cc1C. The first kappa shape index (κ1) is 22.3. The zero-order chi connectivity index (χ0) is 23.0. The molecule has 0 aliphatic carbocycles. The van der Waals surface area contributed by atoms with Gasteiger partial charge in [0.1, 0.15) is 5.75 Å². The maximum absolute atomic E-state index is 13.3. The Labute approximate surface area is 188 Å². The number of amides is 2. The number of rotatable bonds is 4. The van der Waals surface area contributed by atoms with Crippen molar-refractivity contribution < 1.29 is 22.7 Å². The van der Waals surface area contributed by atoms with Crippen molar-refractivity contribution >= 4 is 33.2 Å². The van der Waals surface area contributed by atoms with E-state index in [1.54, 1.807) is 13.0 Å². The third kappa shape index (κ3) is 4.35. The Bertz CT molecular complexity index is 1180. The number of benzene rings is 2. The summed E-state index contributed by atoms with van der Waals surface area (Å²) >= 11 is 0. The highest BCUT2D eigenvalue weighted by Gasteiger charge is 2.34. The van der Waals surface area contributed by atoms with Crippen molar-refractivity contribution in [2.24, 2.45) is 5.92 Å². The molecule has 2 aliphatic heterocycles. The minimum atomic E-state index is -3.83. The average molecular weight is 458 g/mol. The van der Waals surface area contributed by atoms with Crippen molar-refractivity contribution in [2.75, 3.05) is 23.7 Å². The van der Waals surface area contributed by atoms with Crippen LogP contribution in [0.25, 0.3) is 0 Å². The van der Waals surface area contributed by atoms with E-state index < -0.39 is 22.0 Å². The molecule has 8 nitrogen and oxygen atoms in total. The van der Waals surface area contributed by atoms with Crippen LogP contribution in [0.1, 0.15) is 30.9 Å². The molecule has 0 bridgehead atoms. The number of nitrogens with one attached hydrogen (secondary N) is 2. The van der Waals surface area contributed by atoms with E-state index in [0.717, 1.165) is 11.1 Å². The molecule has 170 valence electrons. The third-order valence-corrected chi connectivity index (χ3v) is 7.91. The maximum Gasteiger partial charge on any atom is 0.265 e. The number of fused-ring (bicyclic) bond motifs is 1. The molecule has 9 heteroatoms. The van der Waals surface area contributed by atoms with Gasteiger partial charge in [-0.2, -0.15) is 4.31 Å². The van der Waals surface area contributed by atoms with Crippen LogP contribution >= 0.6 is 0 Å². The zero-order valence-corrected chi connectivity index (χ0v) is 19.2. The van der Waals surface area contributed by atoms with Gasteiger partial charge in [0.25, 0.3) is 5.91 Å². The van der Waals surface area contributed by atoms with Crippen LogP contribution in [0.2, 0.25) is 0 Å². The first-order chi connectivity index (χ1) is 15.1. The summed E-state index contributed by atoms with van der Waals surface area (Å²) in [7, 11) is -3.83. The highest BCUT2D eigenvalue weighted by molar-refractivity contribution is 7.89. The summed E-state index contributed by atoms with van der Waals surface area (Å²) in [6.45, 7) is 6.05. The lowest BCUT2D eigenvalue weighted by Crippen LogP contribution is -2.43. The molecule has 2 N–H and O–H groups in total. The Morgan fingerprint density at radius 1 is 1.16 bits per heavy atom. The molecule has 32 heavy (non-hydrogen) atoms. The molecule has 2 heterocycles. The zero-order valence-electron chi connectivity index (χ0n) is 18.3. The lowest BCUT2D eigenvalue weighted by Gasteiger charge is -2.31. The summed E-state index contributed by atoms with van der Waals surface area (Å²) in [5.41, 5.74) is 3.25. The average Bonchev–Trinajstić information content (AvgIpc) is 2.77. The van der Waals surface area contributed by atoms with Crippen molar-refractivity contribution in [2.45, 2.75) is 44.6 Å². The van der Waals surface area contributed by atoms with Gasteiger partial charge in [-0.25, -0.2) is 8.42 Å². The second-order valence-electron chi connectivity index (χ2n) is 8.40. The number of ether oxygens (including phenoxy) is 1. The van der Waals surface area contributed by atoms with Crippen LogP contribution in [-0.2, 0) is 19.6 Å². The molecule has 0 aromatic heterocycles. The molecule has 1 fully saturated rings. The van der Waals surface area contributed by atoms with E-state index in [1.807, 2.05) is 32.0 Å². The summed E-state index contributed by atoms with van der Waals surface area (Å²) in [5, 5.41) is 5.59. The molecule has 2 aromatic carbocycles. The van der Waals surface area contributed by atoms with Crippen LogP contribution in [0.15, 0.2) is 41.3 Å². The van der Waals surface area contributed by atoms with Crippen LogP contribution in [-0.4, -0.2) is 43.7 Å². The normalized spacial score (nSPS) is 21.3. The van der Waals surface area contributed by atoms with Crippen LogP contribution in [0.3, 0.4) is 0 Å². The number of carbonyl (C=O) groups excluding carboxylic acids is 2. The van der Waals surface area contributed by atoms with E-state index >= 15 is 0 Å². The van der Waals surface area contributed by atoms with Gasteiger partial charge in [-0.1, -0.05) is 6.07 Å². The predicted molar refractivity (Wildman–Crippen MR) is 121 cm³/mol. The number of sulfonamides is 1. The number of piperidine rings is 1. The fourth-order valence-electron chi connectivity index (χ4n) is 3.94. The fourth-order valence-corrected chi connectivity index (χ4v) is 5.49. The van der Waals surface area contributed by atoms with Crippen molar-refractivity contribution in [3.63, 3.8) is 0 Å². The van der Waals surface area contributed by atoms with E-state index in [1.165, 1.54) is 16.4 Å². The smallest absolute Gasteiger partial charge is 0.265 e. The highest BCUT2D eigenvalue weighted by atomic mass is 32.2. The summed E-state index contributed by atoms with van der Waals surface area (Å²) in [4.78, 5) is 24.8. The minimum Gasteiger partial charge on any atom is -0.479 e. The molecule has 2 atom stereocenters.